The third-order valence-corrected chi connectivity index (χ3v) is 3.98. The summed E-state index contributed by atoms with van der Waals surface area (Å²) >= 11 is 0. The van der Waals surface area contributed by atoms with Crippen LogP contribution in [0, 0.1) is 6.92 Å². The molecule has 19 heavy (non-hydrogen) atoms. The van der Waals surface area contributed by atoms with E-state index >= 15 is 0 Å². The van der Waals surface area contributed by atoms with Gasteiger partial charge in [0.1, 0.15) is 0 Å². The van der Waals surface area contributed by atoms with Crippen LogP contribution >= 0.6 is 0 Å². The molecule has 0 aliphatic heterocycles. The van der Waals surface area contributed by atoms with E-state index in [1.807, 2.05) is 12.4 Å². The molecule has 0 spiro atoms. The van der Waals surface area contributed by atoms with Crippen molar-refractivity contribution < 1.29 is 0 Å². The van der Waals surface area contributed by atoms with Gasteiger partial charge in [0.05, 0.1) is 6.04 Å². The lowest BCUT2D eigenvalue weighted by Crippen LogP contribution is -2.24. The maximum absolute atomic E-state index is 4.22. The number of aromatic nitrogens is 1. The quantitative estimate of drug-likeness (QED) is 0.813. The first kappa shape index (κ1) is 14.3. The van der Waals surface area contributed by atoms with Crippen molar-refractivity contribution in [3.63, 3.8) is 0 Å². The van der Waals surface area contributed by atoms with Crippen LogP contribution in [-0.2, 0) is 0 Å². The zero-order chi connectivity index (χ0) is 13.5. The second kappa shape index (κ2) is 7.44. The zero-order valence-corrected chi connectivity index (χ0v) is 12.3. The predicted molar refractivity (Wildman–Crippen MR) is 81.2 cm³/mol. The van der Waals surface area contributed by atoms with Crippen molar-refractivity contribution in [2.45, 2.75) is 58.4 Å². The molecule has 1 N–H and O–H groups in total. The highest BCUT2D eigenvalue weighted by Crippen LogP contribution is 2.30. The number of rotatable bonds is 4. The molecule has 104 valence electrons. The van der Waals surface area contributed by atoms with Crippen LogP contribution in [-0.4, -0.2) is 11.5 Å². The Kier molecular flexibility index (Phi) is 5.59. The molecule has 0 saturated carbocycles. The minimum absolute atomic E-state index is 0.381. The van der Waals surface area contributed by atoms with E-state index < -0.39 is 0 Å². The molecule has 1 aromatic rings. The molecule has 0 aromatic carbocycles. The summed E-state index contributed by atoms with van der Waals surface area (Å²) in [6.07, 6.45) is 14.3. The zero-order valence-electron chi connectivity index (χ0n) is 12.3. The molecule has 0 amide bonds. The minimum atomic E-state index is 0.381. The molecule has 0 radical (unpaired) electrons. The summed E-state index contributed by atoms with van der Waals surface area (Å²) in [7, 11) is 0. The Morgan fingerprint density at radius 1 is 1.26 bits per heavy atom. The average Bonchev–Trinajstić information content (AvgIpc) is 2.37. The lowest BCUT2D eigenvalue weighted by molar-refractivity contribution is 0.552. The van der Waals surface area contributed by atoms with Crippen LogP contribution in [0.1, 0.15) is 62.6 Å². The van der Waals surface area contributed by atoms with E-state index in [1.165, 1.54) is 49.7 Å². The predicted octanol–water partition coefficient (Wildman–Crippen LogP) is 4.32. The minimum Gasteiger partial charge on any atom is -0.307 e. The number of likely N-dealkylation sites (N-methyl/N-ethyl adjacent to an activating group) is 1. The number of allylic oxidation sites excluding steroid dienone is 1. The van der Waals surface area contributed by atoms with Crippen LogP contribution in [0.2, 0.25) is 0 Å². The molecule has 0 saturated heterocycles. The van der Waals surface area contributed by atoms with Gasteiger partial charge in [-0.05, 0) is 56.3 Å². The van der Waals surface area contributed by atoms with Crippen molar-refractivity contribution in [3.8, 4) is 0 Å². The normalized spacial score (nSPS) is 21.1. The first-order valence-electron chi connectivity index (χ1n) is 7.65. The third-order valence-electron chi connectivity index (χ3n) is 3.98. The summed E-state index contributed by atoms with van der Waals surface area (Å²) in [4.78, 5) is 4.22. The fourth-order valence-corrected chi connectivity index (χ4v) is 2.93. The summed E-state index contributed by atoms with van der Waals surface area (Å²) < 4.78 is 0. The Bertz CT molecular complexity index is 423. The van der Waals surface area contributed by atoms with Gasteiger partial charge in [0.15, 0.2) is 0 Å². The van der Waals surface area contributed by atoms with E-state index in [4.69, 9.17) is 0 Å². The molecular formula is C17H26N2. The lowest BCUT2D eigenvalue weighted by Gasteiger charge is -2.24. The fraction of sp³-hybridized carbons (Fsp3) is 0.588. The average molecular weight is 258 g/mol. The van der Waals surface area contributed by atoms with Crippen molar-refractivity contribution in [3.05, 3.63) is 41.2 Å². The molecule has 2 nitrogen and oxygen atoms in total. The number of nitrogens with one attached hydrogen (secondary N) is 1. The number of aryl methyl sites for hydroxylation is 1. The molecule has 1 aromatic heterocycles. The first-order valence-corrected chi connectivity index (χ1v) is 7.65. The van der Waals surface area contributed by atoms with E-state index in [0.29, 0.717) is 6.04 Å². The molecule has 2 heteroatoms. The third kappa shape index (κ3) is 3.90. The van der Waals surface area contributed by atoms with Crippen LogP contribution in [0.4, 0.5) is 0 Å². The highest BCUT2D eigenvalue weighted by atomic mass is 14.9. The summed E-state index contributed by atoms with van der Waals surface area (Å²) in [6.45, 7) is 5.35. The second-order valence-electron chi connectivity index (χ2n) is 5.45. The summed E-state index contributed by atoms with van der Waals surface area (Å²) in [5.41, 5.74) is 4.26. The van der Waals surface area contributed by atoms with Crippen molar-refractivity contribution in [2.24, 2.45) is 0 Å². The van der Waals surface area contributed by atoms with E-state index in [1.54, 1.807) is 5.57 Å². The van der Waals surface area contributed by atoms with Crippen LogP contribution in [0.25, 0.3) is 0 Å². The topological polar surface area (TPSA) is 24.9 Å². The van der Waals surface area contributed by atoms with Crippen LogP contribution in [0.15, 0.2) is 30.1 Å². The Morgan fingerprint density at radius 2 is 2.11 bits per heavy atom. The smallest absolute Gasteiger partial charge is 0.0539 e. The summed E-state index contributed by atoms with van der Waals surface area (Å²) in [6, 6.07) is 2.55. The molecular weight excluding hydrogens is 232 g/mol. The number of pyridine rings is 1. The molecule has 1 aliphatic rings. The van der Waals surface area contributed by atoms with Gasteiger partial charge < -0.3 is 5.32 Å². The molecule has 1 atom stereocenters. The van der Waals surface area contributed by atoms with Crippen LogP contribution in [0.5, 0.6) is 0 Å². The monoisotopic (exact) mass is 258 g/mol. The number of nitrogens with zero attached hydrogens (tertiary/aromatic N) is 1. The summed E-state index contributed by atoms with van der Waals surface area (Å²) in [5.74, 6) is 0. The fourth-order valence-electron chi connectivity index (χ4n) is 2.93. The van der Waals surface area contributed by atoms with Gasteiger partial charge in [0, 0.05) is 12.4 Å². The van der Waals surface area contributed by atoms with E-state index in [-0.39, 0.29) is 0 Å². The maximum Gasteiger partial charge on any atom is 0.0539 e. The van der Waals surface area contributed by atoms with E-state index in [0.717, 1.165) is 6.54 Å². The Morgan fingerprint density at radius 3 is 2.89 bits per heavy atom. The van der Waals surface area contributed by atoms with E-state index in [2.05, 4.69) is 36.3 Å². The van der Waals surface area contributed by atoms with Gasteiger partial charge in [0.25, 0.3) is 0 Å². The maximum atomic E-state index is 4.22. The van der Waals surface area contributed by atoms with Gasteiger partial charge in [-0.15, -0.1) is 0 Å². The van der Waals surface area contributed by atoms with Crippen molar-refractivity contribution in [2.75, 3.05) is 6.54 Å². The SMILES string of the molecule is CCNC(/C1=C/CCCCCC1)c1ccncc1C. The Balaban J connectivity index is 2.25. The molecule has 1 heterocycles. The van der Waals surface area contributed by atoms with Crippen molar-refractivity contribution in [1.29, 1.82) is 0 Å². The van der Waals surface area contributed by atoms with Gasteiger partial charge in [0.2, 0.25) is 0 Å². The van der Waals surface area contributed by atoms with Crippen molar-refractivity contribution >= 4 is 0 Å². The highest BCUT2D eigenvalue weighted by Gasteiger charge is 2.17. The second-order valence-corrected chi connectivity index (χ2v) is 5.45. The van der Waals surface area contributed by atoms with Crippen molar-refractivity contribution in [1.82, 2.24) is 10.3 Å². The lowest BCUT2D eigenvalue weighted by atomic mass is 9.89. The largest absolute Gasteiger partial charge is 0.307 e. The highest BCUT2D eigenvalue weighted by molar-refractivity contribution is 5.32. The van der Waals surface area contributed by atoms with Crippen LogP contribution in [0.3, 0.4) is 0 Å². The molecule has 0 fully saturated rings. The Hall–Kier alpha value is -1.15. The number of hydrogen-bond acceptors (Lipinski definition) is 2. The van der Waals surface area contributed by atoms with Gasteiger partial charge >= 0.3 is 0 Å². The van der Waals surface area contributed by atoms with E-state index in [9.17, 15) is 0 Å². The molecule has 1 aliphatic carbocycles. The first-order chi connectivity index (χ1) is 9.33. The molecule has 1 unspecified atom stereocenters. The van der Waals surface area contributed by atoms with Crippen LogP contribution < -0.4 is 5.32 Å². The molecule has 2 rings (SSSR count). The Labute approximate surface area is 117 Å². The van der Waals surface area contributed by atoms with Gasteiger partial charge in [-0.25, -0.2) is 0 Å². The molecule has 0 bridgehead atoms. The standard InChI is InChI=1S/C17H26N2/c1-3-19-17(16-11-12-18-13-14(16)2)15-9-7-5-4-6-8-10-15/h9,11-13,17,19H,3-8,10H2,1-2H3/b15-9+. The summed E-state index contributed by atoms with van der Waals surface area (Å²) in [5, 5.41) is 3.66. The van der Waals surface area contributed by atoms with Gasteiger partial charge in [-0.3, -0.25) is 4.98 Å². The van der Waals surface area contributed by atoms with Gasteiger partial charge in [-0.1, -0.05) is 31.4 Å². The van der Waals surface area contributed by atoms with Gasteiger partial charge in [-0.2, -0.15) is 0 Å². The number of hydrogen-bond donors (Lipinski definition) is 1.